The average Bonchev–Trinajstić information content (AvgIpc) is 3.05. The van der Waals surface area contributed by atoms with Gasteiger partial charge < -0.3 is 5.11 Å². The van der Waals surface area contributed by atoms with Gasteiger partial charge in [0.25, 0.3) is 0 Å². The maximum Gasteiger partial charge on any atom is 0.490 e. The lowest BCUT2D eigenvalue weighted by Gasteiger charge is -2.34. The van der Waals surface area contributed by atoms with Crippen molar-refractivity contribution < 1.29 is 27.9 Å². The number of carboxylic acids is 1. The standard InChI is InChI=1S/C38H42O.C2HF3O2/c1-38(2)26-24-31(25-27-38)15-14-30-18-22-34(23-19-30)35-11-7-12-36(28-35)37(39)13-6-8-29-16-20-33(21-17-29)32-9-4-3-5-10-32;3-2(4,5)1(6)7/h3-5,7,9-12,16-23,28,31H,6,8,13-15,24-27H2,1-2H3;(H,6,7). The molecule has 1 fully saturated rings. The molecule has 242 valence electrons. The van der Waals surface area contributed by atoms with E-state index in [4.69, 9.17) is 9.90 Å². The molecule has 1 saturated carbocycles. The van der Waals surface area contributed by atoms with Gasteiger partial charge in [0.05, 0.1) is 0 Å². The summed E-state index contributed by atoms with van der Waals surface area (Å²) < 4.78 is 31.7. The molecule has 0 radical (unpaired) electrons. The Morgan fingerprint density at radius 1 is 0.717 bits per heavy atom. The summed E-state index contributed by atoms with van der Waals surface area (Å²) in [5.74, 6) is -1.65. The number of hydrogen-bond donors (Lipinski definition) is 1. The Morgan fingerprint density at radius 2 is 1.22 bits per heavy atom. The van der Waals surface area contributed by atoms with Crippen molar-refractivity contribution in [2.75, 3.05) is 0 Å². The number of ketones is 1. The molecule has 5 rings (SSSR count). The number of halogens is 3. The molecule has 0 saturated heterocycles. The van der Waals surface area contributed by atoms with Crippen LogP contribution >= 0.6 is 0 Å². The van der Waals surface area contributed by atoms with E-state index >= 15 is 0 Å². The highest BCUT2D eigenvalue weighted by Gasteiger charge is 2.38. The van der Waals surface area contributed by atoms with E-state index in [-0.39, 0.29) is 5.78 Å². The molecule has 0 aromatic heterocycles. The Labute approximate surface area is 270 Å². The first kappa shape index (κ1) is 34.7. The van der Waals surface area contributed by atoms with Crippen LogP contribution in [0, 0.1) is 11.3 Å². The Balaban J connectivity index is 0.000000617. The van der Waals surface area contributed by atoms with Gasteiger partial charge in [-0.3, -0.25) is 4.79 Å². The van der Waals surface area contributed by atoms with Crippen molar-refractivity contribution in [3.05, 3.63) is 120 Å². The van der Waals surface area contributed by atoms with Crippen LogP contribution in [-0.2, 0) is 17.6 Å². The van der Waals surface area contributed by atoms with Crippen molar-refractivity contribution in [3.8, 4) is 22.3 Å². The van der Waals surface area contributed by atoms with Crippen molar-refractivity contribution >= 4 is 11.8 Å². The van der Waals surface area contributed by atoms with Crippen molar-refractivity contribution in [3.63, 3.8) is 0 Å². The second-order valence-electron chi connectivity index (χ2n) is 13.1. The summed E-state index contributed by atoms with van der Waals surface area (Å²) in [7, 11) is 0. The number of hydrogen-bond acceptors (Lipinski definition) is 2. The third-order valence-corrected chi connectivity index (χ3v) is 8.94. The summed E-state index contributed by atoms with van der Waals surface area (Å²) in [6.07, 6.45) is 5.23. The normalized spacial score (nSPS) is 14.6. The van der Waals surface area contributed by atoms with Gasteiger partial charge >= 0.3 is 12.1 Å². The van der Waals surface area contributed by atoms with E-state index in [1.807, 2.05) is 18.2 Å². The molecule has 0 bridgehead atoms. The number of carbonyl (C=O) groups excluding carboxylic acids is 1. The van der Waals surface area contributed by atoms with Crippen LogP contribution in [0.4, 0.5) is 13.2 Å². The average molecular weight is 629 g/mol. The quantitative estimate of drug-likeness (QED) is 0.178. The van der Waals surface area contributed by atoms with Crippen molar-refractivity contribution in [1.29, 1.82) is 0 Å². The Bertz CT molecular complexity index is 1550. The summed E-state index contributed by atoms with van der Waals surface area (Å²) in [4.78, 5) is 21.9. The summed E-state index contributed by atoms with van der Waals surface area (Å²) >= 11 is 0. The van der Waals surface area contributed by atoms with Gasteiger partial charge in [0.1, 0.15) is 0 Å². The van der Waals surface area contributed by atoms with E-state index < -0.39 is 12.1 Å². The Kier molecular flexibility index (Phi) is 12.0. The molecule has 0 aliphatic heterocycles. The summed E-state index contributed by atoms with van der Waals surface area (Å²) in [6, 6.07) is 36.3. The minimum absolute atomic E-state index is 0.227. The highest BCUT2D eigenvalue weighted by Crippen LogP contribution is 2.39. The molecule has 0 amide bonds. The zero-order valence-electron chi connectivity index (χ0n) is 26.7. The van der Waals surface area contributed by atoms with Crippen LogP contribution in [0.5, 0.6) is 0 Å². The molecule has 6 heteroatoms. The highest BCUT2D eigenvalue weighted by atomic mass is 19.4. The van der Waals surface area contributed by atoms with Crippen LogP contribution < -0.4 is 0 Å². The molecule has 1 aliphatic rings. The third-order valence-electron chi connectivity index (χ3n) is 8.94. The predicted molar refractivity (Wildman–Crippen MR) is 179 cm³/mol. The number of carboxylic acid groups (broad SMARTS) is 1. The molecule has 0 heterocycles. The zero-order valence-corrected chi connectivity index (χ0v) is 26.7. The molecule has 0 spiro atoms. The minimum Gasteiger partial charge on any atom is -0.475 e. The van der Waals surface area contributed by atoms with Gasteiger partial charge in [-0.25, -0.2) is 4.79 Å². The third kappa shape index (κ3) is 10.7. The van der Waals surface area contributed by atoms with Crippen LogP contribution in [0.1, 0.15) is 80.3 Å². The van der Waals surface area contributed by atoms with Gasteiger partial charge in [0, 0.05) is 12.0 Å². The molecular formula is C40H43F3O3. The van der Waals surface area contributed by atoms with Crippen LogP contribution in [0.25, 0.3) is 22.3 Å². The molecule has 3 nitrogen and oxygen atoms in total. The molecule has 0 unspecified atom stereocenters. The number of carbonyl (C=O) groups is 2. The first-order valence-electron chi connectivity index (χ1n) is 16.1. The predicted octanol–water partition coefficient (Wildman–Crippen LogP) is 11.0. The maximum atomic E-state index is 13.0. The van der Waals surface area contributed by atoms with Gasteiger partial charge in [0.2, 0.25) is 0 Å². The van der Waals surface area contributed by atoms with Crippen LogP contribution in [0.3, 0.4) is 0 Å². The number of alkyl halides is 3. The molecular weight excluding hydrogens is 585 g/mol. The fourth-order valence-electron chi connectivity index (χ4n) is 5.95. The Morgan fingerprint density at radius 3 is 1.78 bits per heavy atom. The minimum atomic E-state index is -5.08. The fraction of sp³-hybridized carbons (Fsp3) is 0.350. The highest BCUT2D eigenvalue weighted by molar-refractivity contribution is 5.97. The topological polar surface area (TPSA) is 54.4 Å². The SMILES string of the molecule is CC1(C)CCC(CCc2ccc(-c3cccc(C(=O)CCCc4ccc(-c5ccccc5)cc4)c3)cc2)CC1.O=C(O)C(F)(F)F. The monoisotopic (exact) mass is 628 g/mol. The lowest BCUT2D eigenvalue weighted by molar-refractivity contribution is -0.192. The van der Waals surface area contributed by atoms with Crippen molar-refractivity contribution in [1.82, 2.24) is 0 Å². The second-order valence-corrected chi connectivity index (χ2v) is 13.1. The molecule has 1 N–H and O–H groups in total. The number of Topliss-reactive ketones (excluding diaryl/α,β-unsaturated/α-hetero) is 1. The Hall–Kier alpha value is -4.19. The van der Waals surface area contributed by atoms with Crippen molar-refractivity contribution in [2.24, 2.45) is 11.3 Å². The molecule has 4 aromatic carbocycles. The first-order chi connectivity index (χ1) is 21.9. The van der Waals surface area contributed by atoms with E-state index in [9.17, 15) is 18.0 Å². The lowest BCUT2D eigenvalue weighted by Crippen LogP contribution is -2.21. The summed E-state index contributed by atoms with van der Waals surface area (Å²) in [5, 5.41) is 7.12. The first-order valence-corrected chi connectivity index (χ1v) is 16.1. The lowest BCUT2D eigenvalue weighted by atomic mass is 9.72. The second kappa shape index (κ2) is 15.9. The smallest absolute Gasteiger partial charge is 0.475 e. The fourth-order valence-corrected chi connectivity index (χ4v) is 5.95. The van der Waals surface area contributed by atoms with Crippen LogP contribution in [0.15, 0.2) is 103 Å². The van der Waals surface area contributed by atoms with Crippen LogP contribution in [0.2, 0.25) is 0 Å². The van der Waals surface area contributed by atoms with Gasteiger partial charge in [0.15, 0.2) is 5.78 Å². The molecule has 1 aliphatic carbocycles. The zero-order chi connectivity index (χ0) is 33.2. The van der Waals surface area contributed by atoms with Crippen molar-refractivity contribution in [2.45, 2.75) is 77.8 Å². The van der Waals surface area contributed by atoms with E-state index in [1.54, 1.807) is 0 Å². The number of aryl methyl sites for hydroxylation is 2. The van der Waals surface area contributed by atoms with Gasteiger partial charge in [-0.2, -0.15) is 13.2 Å². The number of rotatable bonds is 10. The largest absolute Gasteiger partial charge is 0.490 e. The number of benzene rings is 4. The van der Waals surface area contributed by atoms with Gasteiger partial charge in [-0.15, -0.1) is 0 Å². The molecule has 4 aromatic rings. The van der Waals surface area contributed by atoms with E-state index in [2.05, 4.69) is 98.8 Å². The van der Waals surface area contributed by atoms with Crippen LogP contribution in [-0.4, -0.2) is 23.0 Å². The number of aliphatic carboxylic acids is 1. The van der Waals surface area contributed by atoms with E-state index in [1.165, 1.54) is 66.3 Å². The molecule has 0 atom stereocenters. The van der Waals surface area contributed by atoms with E-state index in [0.29, 0.717) is 11.8 Å². The van der Waals surface area contributed by atoms with Gasteiger partial charge in [-0.1, -0.05) is 111 Å². The maximum absolute atomic E-state index is 13.0. The molecule has 46 heavy (non-hydrogen) atoms. The summed E-state index contributed by atoms with van der Waals surface area (Å²) in [5.41, 5.74) is 8.84. The van der Waals surface area contributed by atoms with E-state index in [0.717, 1.165) is 29.9 Å². The summed E-state index contributed by atoms with van der Waals surface area (Å²) in [6.45, 7) is 4.83. The van der Waals surface area contributed by atoms with Gasteiger partial charge in [-0.05, 0) is 102 Å².